The molecule has 0 radical (unpaired) electrons. The maximum atomic E-state index is 15.8. The first kappa shape index (κ1) is 29.8. The minimum Gasteiger partial charge on any atom is -0.451 e. The van der Waals surface area contributed by atoms with Crippen LogP contribution in [0.2, 0.25) is 0 Å². The summed E-state index contributed by atoms with van der Waals surface area (Å²) < 4.78 is 58.3. The van der Waals surface area contributed by atoms with Gasteiger partial charge in [0.05, 0.1) is 41.9 Å². The van der Waals surface area contributed by atoms with Crippen molar-refractivity contribution in [3.63, 3.8) is 0 Å². The number of methoxy groups -OCH3 is 1. The van der Waals surface area contributed by atoms with Crippen molar-refractivity contribution in [2.75, 3.05) is 51.9 Å². The highest BCUT2D eigenvalue weighted by Gasteiger charge is 2.47. The lowest BCUT2D eigenvalue weighted by molar-refractivity contribution is -0.0216. The average molecular weight is 653 g/mol. The van der Waals surface area contributed by atoms with E-state index in [4.69, 9.17) is 23.7 Å². The molecule has 1 fully saturated rings. The summed E-state index contributed by atoms with van der Waals surface area (Å²) in [7, 11) is 1.44. The van der Waals surface area contributed by atoms with E-state index in [-0.39, 0.29) is 50.0 Å². The van der Waals surface area contributed by atoms with Crippen LogP contribution in [0.25, 0.3) is 21.7 Å². The quantitative estimate of drug-likeness (QED) is 0.165. The fourth-order valence-electron chi connectivity index (χ4n) is 6.09. The molecule has 0 spiro atoms. The lowest BCUT2D eigenvalue weighted by Crippen LogP contribution is -2.66. The molecule has 0 saturated carbocycles. The lowest BCUT2D eigenvalue weighted by Gasteiger charge is -2.51. The van der Waals surface area contributed by atoms with E-state index in [1.54, 1.807) is 15.4 Å². The number of thiazole rings is 1. The van der Waals surface area contributed by atoms with Gasteiger partial charge in [-0.15, -0.1) is 11.3 Å². The van der Waals surface area contributed by atoms with E-state index in [2.05, 4.69) is 4.98 Å². The summed E-state index contributed by atoms with van der Waals surface area (Å²) in [5, 5.41) is 1.80. The van der Waals surface area contributed by atoms with Crippen LogP contribution in [0.5, 0.6) is 5.75 Å². The predicted octanol–water partition coefficient (Wildman–Crippen LogP) is 3.91. The number of ether oxygens (including phenoxy) is 5. The first-order chi connectivity index (χ1) is 22.4. The number of aromatic nitrogens is 2. The Kier molecular flexibility index (Phi) is 7.88. The number of benzene rings is 2. The molecule has 3 aliphatic rings. The van der Waals surface area contributed by atoms with Crippen LogP contribution < -0.4 is 15.2 Å². The van der Waals surface area contributed by atoms with Crippen LogP contribution in [0.1, 0.15) is 27.7 Å². The highest BCUT2D eigenvalue weighted by Crippen LogP contribution is 2.50. The molecule has 7 rings (SSSR count). The Balaban J connectivity index is 1.40. The molecule has 1 amide bonds. The monoisotopic (exact) mass is 652 g/mol. The normalized spacial score (nSPS) is 18.0. The minimum atomic E-state index is -1.05. The van der Waals surface area contributed by atoms with Gasteiger partial charge in [0, 0.05) is 31.5 Å². The molecule has 0 N–H and O–H groups in total. The van der Waals surface area contributed by atoms with Crippen LogP contribution in [0.15, 0.2) is 59.0 Å². The van der Waals surface area contributed by atoms with E-state index in [0.717, 1.165) is 17.2 Å². The van der Waals surface area contributed by atoms with Gasteiger partial charge in [0.25, 0.3) is 5.91 Å². The zero-order valence-corrected chi connectivity index (χ0v) is 25.1. The summed E-state index contributed by atoms with van der Waals surface area (Å²) in [5.41, 5.74) is 2.99. The van der Waals surface area contributed by atoms with Crippen molar-refractivity contribution in [2.45, 2.75) is 12.2 Å². The number of rotatable bonds is 7. The number of carbonyl (C=O) groups excluding carboxylic acids is 2. The van der Waals surface area contributed by atoms with Crippen LogP contribution in [0.3, 0.4) is 0 Å². The molecule has 238 valence electrons. The van der Waals surface area contributed by atoms with Crippen LogP contribution in [-0.2, 0) is 18.9 Å². The Bertz CT molecular complexity index is 1900. The number of amides is 1. The van der Waals surface area contributed by atoms with Crippen molar-refractivity contribution in [3.8, 4) is 27.4 Å². The number of hydrogen-bond donors (Lipinski definition) is 0. The minimum absolute atomic E-state index is 0.00270. The van der Waals surface area contributed by atoms with Crippen molar-refractivity contribution in [3.05, 3.63) is 92.9 Å². The first-order valence-corrected chi connectivity index (χ1v) is 15.1. The summed E-state index contributed by atoms with van der Waals surface area (Å²) in [6.07, 6.45) is -0.348. The zero-order valence-electron chi connectivity index (χ0n) is 24.3. The highest BCUT2D eigenvalue weighted by molar-refractivity contribution is 7.13. The number of halogens is 2. The Morgan fingerprint density at radius 2 is 1.93 bits per heavy atom. The predicted molar refractivity (Wildman–Crippen MR) is 159 cm³/mol. The van der Waals surface area contributed by atoms with Crippen LogP contribution in [-0.4, -0.2) is 79.7 Å². The number of morpholine rings is 1. The molecule has 12 nitrogen and oxygen atoms in total. The molecule has 4 aromatic rings. The van der Waals surface area contributed by atoms with E-state index in [9.17, 15) is 18.8 Å². The number of pyridine rings is 1. The molecule has 2 aliphatic heterocycles. The lowest BCUT2D eigenvalue weighted by atomic mass is 9.92. The summed E-state index contributed by atoms with van der Waals surface area (Å²) in [6.45, 7) is -0.119. The molecular weight excluding hydrogens is 626 g/mol. The molecule has 0 bridgehead atoms. The Morgan fingerprint density at radius 1 is 1.09 bits per heavy atom. The molecule has 1 saturated heterocycles. The molecule has 1 aliphatic carbocycles. The smallest absolute Gasteiger partial charge is 0.451 e. The van der Waals surface area contributed by atoms with Crippen molar-refractivity contribution < 1.29 is 42.1 Å². The van der Waals surface area contributed by atoms with Gasteiger partial charge in [-0.05, 0) is 22.8 Å². The van der Waals surface area contributed by atoms with Crippen LogP contribution in [0, 0.1) is 11.6 Å². The number of nitrogens with zero attached hydrogens (tertiary/aromatic N) is 4. The average Bonchev–Trinajstić information content (AvgIpc) is 3.51. The summed E-state index contributed by atoms with van der Waals surface area (Å²) in [6, 6.07) is 10.4. The van der Waals surface area contributed by atoms with Crippen LogP contribution in [0.4, 0.5) is 13.6 Å². The largest absolute Gasteiger partial charge is 0.511 e. The maximum Gasteiger partial charge on any atom is 0.511 e. The fourth-order valence-corrected chi connectivity index (χ4v) is 6.93. The van der Waals surface area contributed by atoms with E-state index >= 15 is 4.39 Å². The molecular formula is C31H26F2N4O8S. The van der Waals surface area contributed by atoms with Crippen molar-refractivity contribution in [1.29, 1.82) is 0 Å². The van der Waals surface area contributed by atoms with Gasteiger partial charge in [-0.1, -0.05) is 30.3 Å². The standard InChI is InChI=1S/C31H26F2N4O8S/c1-41-12-13-43-31(40)45-16-44-28-21(38)8-9-36-27(28)30(39)35-10-11-42-14-22(35)37(36)26-17-4-2-3-5-18(17)29-25(34-15-46-29)23-19(26)6-7-20(32)24(23)33/h2-9,15,22,26H,10-14,16H2,1H3. The van der Waals surface area contributed by atoms with E-state index in [1.807, 2.05) is 24.3 Å². The summed E-state index contributed by atoms with van der Waals surface area (Å²) >= 11 is 1.30. The zero-order chi connectivity index (χ0) is 31.9. The molecule has 2 aromatic heterocycles. The van der Waals surface area contributed by atoms with Gasteiger partial charge in [-0.3, -0.25) is 19.3 Å². The molecule has 2 atom stereocenters. The van der Waals surface area contributed by atoms with Gasteiger partial charge in [-0.2, -0.15) is 0 Å². The SMILES string of the molecule is COCCOC(=O)OCOc1c2n(ccc1=O)N(C1c3ccccc3-c3scnc3-c3c1ccc(F)c3F)C1COCCN1C2=O. The number of carbonyl (C=O) groups is 2. The summed E-state index contributed by atoms with van der Waals surface area (Å²) in [4.78, 5) is 45.9. The van der Waals surface area contributed by atoms with Crippen molar-refractivity contribution in [2.24, 2.45) is 0 Å². The second-order valence-corrected chi connectivity index (χ2v) is 11.3. The fraction of sp³-hybridized carbons (Fsp3) is 0.290. The summed E-state index contributed by atoms with van der Waals surface area (Å²) in [5.74, 6) is -2.96. The van der Waals surface area contributed by atoms with Gasteiger partial charge in [0.1, 0.15) is 12.8 Å². The second-order valence-electron chi connectivity index (χ2n) is 10.5. The Labute approximate surface area is 264 Å². The van der Waals surface area contributed by atoms with E-state index < -0.39 is 48.1 Å². The van der Waals surface area contributed by atoms with Gasteiger partial charge in [-0.25, -0.2) is 18.6 Å². The second kappa shape index (κ2) is 12.2. The Morgan fingerprint density at radius 3 is 2.78 bits per heavy atom. The third-order valence-electron chi connectivity index (χ3n) is 8.03. The third-order valence-corrected chi connectivity index (χ3v) is 8.89. The van der Waals surface area contributed by atoms with Gasteiger partial charge < -0.3 is 28.6 Å². The number of fused-ring (bicyclic) bond motifs is 7. The van der Waals surface area contributed by atoms with E-state index in [0.29, 0.717) is 16.1 Å². The molecule has 4 heterocycles. The topological polar surface area (TPSA) is 122 Å². The van der Waals surface area contributed by atoms with Crippen molar-refractivity contribution >= 4 is 23.4 Å². The van der Waals surface area contributed by atoms with Gasteiger partial charge in [0.15, 0.2) is 17.3 Å². The number of hydrogen-bond acceptors (Lipinski definition) is 11. The molecule has 15 heteroatoms. The molecule has 46 heavy (non-hydrogen) atoms. The van der Waals surface area contributed by atoms with Crippen molar-refractivity contribution in [1.82, 2.24) is 14.6 Å². The Hall–Kier alpha value is -4.86. The van der Waals surface area contributed by atoms with Gasteiger partial charge in [0.2, 0.25) is 18.0 Å². The van der Waals surface area contributed by atoms with Crippen LogP contribution >= 0.6 is 11.3 Å². The maximum absolute atomic E-state index is 15.8. The van der Waals surface area contributed by atoms with Gasteiger partial charge >= 0.3 is 6.16 Å². The first-order valence-electron chi connectivity index (χ1n) is 14.3. The molecule has 2 aromatic carbocycles. The molecule has 2 unspecified atom stereocenters. The third kappa shape index (κ3) is 4.87. The van der Waals surface area contributed by atoms with E-state index in [1.165, 1.54) is 41.5 Å². The highest BCUT2D eigenvalue weighted by atomic mass is 32.1.